The number of carboxylic acids is 1. The fourth-order valence-electron chi connectivity index (χ4n) is 2.32. The number of rotatable bonds is 3. The molecule has 0 aromatic rings. The van der Waals surface area contributed by atoms with Crippen LogP contribution in [0.2, 0.25) is 0 Å². The van der Waals surface area contributed by atoms with E-state index in [2.05, 4.69) is 0 Å². The molecule has 1 aliphatic heterocycles. The van der Waals surface area contributed by atoms with Gasteiger partial charge in [-0.05, 0) is 19.3 Å². The van der Waals surface area contributed by atoms with Crippen molar-refractivity contribution in [3.63, 3.8) is 0 Å². The Morgan fingerprint density at radius 3 is 2.39 bits per heavy atom. The maximum Gasteiger partial charge on any atom is 0.326 e. The van der Waals surface area contributed by atoms with E-state index in [4.69, 9.17) is 0 Å². The van der Waals surface area contributed by atoms with Gasteiger partial charge in [-0.15, -0.1) is 0 Å². The Kier molecular flexibility index (Phi) is 5.17. The number of nitrogens with zero attached hydrogens (tertiary/aromatic N) is 1. The van der Waals surface area contributed by atoms with Crippen LogP contribution >= 0.6 is 0 Å². The van der Waals surface area contributed by atoms with E-state index in [0.29, 0.717) is 13.0 Å². The molecule has 0 saturated carbocycles. The normalized spacial score (nSPS) is 22.2. The second-order valence-electron chi connectivity index (χ2n) is 5.79. The number of likely N-dealkylation sites (tertiary alicyclic amines) is 1. The lowest BCUT2D eigenvalue weighted by Gasteiger charge is -2.36. The molecule has 1 aliphatic rings. The smallest absolute Gasteiger partial charge is 0.326 e. The van der Waals surface area contributed by atoms with Gasteiger partial charge in [0.25, 0.3) is 0 Å². The molecule has 104 valence electrons. The van der Waals surface area contributed by atoms with Crippen molar-refractivity contribution >= 4 is 11.9 Å². The van der Waals surface area contributed by atoms with E-state index >= 15 is 0 Å². The quantitative estimate of drug-likeness (QED) is 0.843. The fourth-order valence-corrected chi connectivity index (χ4v) is 2.32. The monoisotopic (exact) mass is 255 g/mol. The lowest BCUT2D eigenvalue weighted by atomic mass is 9.87. The molecule has 1 fully saturated rings. The molecule has 0 spiro atoms. The Bertz CT molecular complexity index is 312. The molecule has 0 bridgehead atoms. The van der Waals surface area contributed by atoms with Crippen molar-refractivity contribution in [2.24, 2.45) is 5.41 Å². The SMILES string of the molecule is CCC(C)(C)C(=O)N1CCCCCCC1C(=O)O. The van der Waals surface area contributed by atoms with E-state index in [9.17, 15) is 14.7 Å². The van der Waals surface area contributed by atoms with Crippen LogP contribution in [0.4, 0.5) is 0 Å². The summed E-state index contributed by atoms with van der Waals surface area (Å²) in [6.07, 6.45) is 5.28. The number of carboxylic acid groups (broad SMARTS) is 1. The zero-order valence-electron chi connectivity index (χ0n) is 11.7. The van der Waals surface area contributed by atoms with E-state index in [1.54, 1.807) is 4.90 Å². The van der Waals surface area contributed by atoms with E-state index < -0.39 is 17.4 Å². The molecule has 1 heterocycles. The lowest BCUT2D eigenvalue weighted by molar-refractivity contribution is -0.155. The van der Waals surface area contributed by atoms with E-state index in [1.807, 2.05) is 20.8 Å². The maximum atomic E-state index is 12.5. The predicted octanol–water partition coefficient (Wildman–Crippen LogP) is 2.67. The van der Waals surface area contributed by atoms with Gasteiger partial charge in [-0.2, -0.15) is 0 Å². The standard InChI is InChI=1S/C14H25NO3/c1-4-14(2,3)13(18)15-10-8-6-5-7-9-11(15)12(16)17/h11H,4-10H2,1-3H3,(H,16,17). The van der Waals surface area contributed by atoms with Gasteiger partial charge in [0.1, 0.15) is 6.04 Å². The summed E-state index contributed by atoms with van der Waals surface area (Å²) in [6, 6.07) is -0.636. The van der Waals surface area contributed by atoms with Crippen molar-refractivity contribution in [3.8, 4) is 0 Å². The summed E-state index contributed by atoms with van der Waals surface area (Å²) in [6.45, 7) is 6.34. The van der Waals surface area contributed by atoms with Crippen molar-refractivity contribution in [1.29, 1.82) is 0 Å². The van der Waals surface area contributed by atoms with Gasteiger partial charge in [0.05, 0.1) is 0 Å². The van der Waals surface area contributed by atoms with Crippen LogP contribution in [-0.4, -0.2) is 34.5 Å². The molecule has 1 N–H and O–H groups in total. The summed E-state index contributed by atoms with van der Waals surface area (Å²) >= 11 is 0. The highest BCUT2D eigenvalue weighted by molar-refractivity contribution is 5.87. The van der Waals surface area contributed by atoms with Crippen LogP contribution in [0.3, 0.4) is 0 Å². The number of amides is 1. The topological polar surface area (TPSA) is 57.6 Å². The summed E-state index contributed by atoms with van der Waals surface area (Å²) in [5.41, 5.74) is -0.465. The first kappa shape index (κ1) is 15.0. The fraction of sp³-hybridized carbons (Fsp3) is 0.857. The summed E-state index contributed by atoms with van der Waals surface area (Å²) in [5, 5.41) is 9.32. The molecule has 1 rings (SSSR count). The first-order chi connectivity index (χ1) is 8.40. The van der Waals surface area contributed by atoms with Crippen LogP contribution in [0, 0.1) is 5.41 Å². The largest absolute Gasteiger partial charge is 0.480 e. The zero-order chi connectivity index (χ0) is 13.8. The van der Waals surface area contributed by atoms with Crippen LogP contribution in [0.15, 0.2) is 0 Å². The van der Waals surface area contributed by atoms with Crippen LogP contribution < -0.4 is 0 Å². The first-order valence-electron chi connectivity index (χ1n) is 6.94. The minimum absolute atomic E-state index is 0.0145. The maximum absolute atomic E-state index is 12.5. The lowest BCUT2D eigenvalue weighted by Crippen LogP contribution is -2.50. The molecule has 1 unspecified atom stereocenters. The van der Waals surface area contributed by atoms with E-state index in [1.165, 1.54) is 0 Å². The van der Waals surface area contributed by atoms with Crippen molar-refractivity contribution < 1.29 is 14.7 Å². The Morgan fingerprint density at radius 1 is 1.22 bits per heavy atom. The van der Waals surface area contributed by atoms with Gasteiger partial charge in [0.15, 0.2) is 0 Å². The summed E-state index contributed by atoms with van der Waals surface area (Å²) in [7, 11) is 0. The third-order valence-corrected chi connectivity index (χ3v) is 4.01. The van der Waals surface area contributed by atoms with Crippen LogP contribution in [0.1, 0.15) is 59.3 Å². The van der Waals surface area contributed by atoms with Gasteiger partial charge in [-0.1, -0.05) is 40.0 Å². The Labute approximate surface area is 109 Å². The molecule has 1 atom stereocenters. The van der Waals surface area contributed by atoms with Gasteiger partial charge in [0, 0.05) is 12.0 Å². The molecule has 1 saturated heterocycles. The highest BCUT2D eigenvalue weighted by Gasteiger charge is 2.36. The zero-order valence-corrected chi connectivity index (χ0v) is 11.7. The summed E-state index contributed by atoms with van der Waals surface area (Å²) in [4.78, 5) is 25.5. The van der Waals surface area contributed by atoms with Crippen molar-refractivity contribution in [3.05, 3.63) is 0 Å². The molecule has 0 aromatic heterocycles. The number of carbonyl (C=O) groups is 2. The molecular weight excluding hydrogens is 230 g/mol. The molecule has 1 amide bonds. The second kappa shape index (κ2) is 6.21. The molecule has 4 nitrogen and oxygen atoms in total. The Hall–Kier alpha value is -1.06. The minimum Gasteiger partial charge on any atom is -0.480 e. The van der Waals surface area contributed by atoms with Gasteiger partial charge in [-0.3, -0.25) is 4.79 Å². The third-order valence-electron chi connectivity index (χ3n) is 4.01. The minimum atomic E-state index is -0.864. The number of hydrogen-bond donors (Lipinski definition) is 1. The third kappa shape index (κ3) is 3.47. The number of hydrogen-bond acceptors (Lipinski definition) is 2. The van der Waals surface area contributed by atoms with Gasteiger partial charge in [0.2, 0.25) is 5.91 Å². The molecule has 0 aromatic carbocycles. The van der Waals surface area contributed by atoms with Crippen LogP contribution in [0.5, 0.6) is 0 Å². The van der Waals surface area contributed by atoms with Crippen LogP contribution in [-0.2, 0) is 9.59 Å². The number of aliphatic carboxylic acids is 1. The molecular formula is C14H25NO3. The molecule has 4 heteroatoms. The first-order valence-corrected chi connectivity index (χ1v) is 6.94. The van der Waals surface area contributed by atoms with Crippen molar-refractivity contribution in [2.75, 3.05) is 6.54 Å². The van der Waals surface area contributed by atoms with Crippen molar-refractivity contribution in [2.45, 2.75) is 65.3 Å². The van der Waals surface area contributed by atoms with Gasteiger partial charge >= 0.3 is 5.97 Å². The van der Waals surface area contributed by atoms with E-state index in [-0.39, 0.29) is 5.91 Å². The molecule has 0 radical (unpaired) electrons. The molecule has 18 heavy (non-hydrogen) atoms. The van der Waals surface area contributed by atoms with Crippen LogP contribution in [0.25, 0.3) is 0 Å². The average Bonchev–Trinajstić information content (AvgIpc) is 2.27. The molecule has 0 aliphatic carbocycles. The predicted molar refractivity (Wildman–Crippen MR) is 70.3 cm³/mol. The van der Waals surface area contributed by atoms with Crippen molar-refractivity contribution in [1.82, 2.24) is 4.90 Å². The Balaban J connectivity index is 2.90. The Morgan fingerprint density at radius 2 is 1.83 bits per heavy atom. The average molecular weight is 255 g/mol. The van der Waals surface area contributed by atoms with Gasteiger partial charge < -0.3 is 10.0 Å². The second-order valence-corrected chi connectivity index (χ2v) is 5.79. The highest BCUT2D eigenvalue weighted by atomic mass is 16.4. The highest BCUT2D eigenvalue weighted by Crippen LogP contribution is 2.27. The van der Waals surface area contributed by atoms with E-state index in [0.717, 1.165) is 32.1 Å². The summed E-state index contributed by atoms with van der Waals surface area (Å²) in [5.74, 6) is -0.878. The number of carbonyl (C=O) groups excluding carboxylic acids is 1. The van der Waals surface area contributed by atoms with Gasteiger partial charge in [-0.25, -0.2) is 4.79 Å². The summed E-state index contributed by atoms with van der Waals surface area (Å²) < 4.78 is 0.